The van der Waals surface area contributed by atoms with E-state index >= 15 is 0 Å². The Labute approximate surface area is 184 Å². The molecule has 0 bridgehead atoms. The molecule has 0 radical (unpaired) electrons. The minimum atomic E-state index is -0.192. The van der Waals surface area contributed by atoms with E-state index in [1.54, 1.807) is 12.2 Å². The second-order valence-corrected chi connectivity index (χ2v) is 8.37. The molecule has 0 saturated carbocycles. The lowest BCUT2D eigenvalue weighted by Crippen LogP contribution is -2.02. The van der Waals surface area contributed by atoms with Gasteiger partial charge in [-0.1, -0.05) is 89.2 Å². The lowest BCUT2D eigenvalue weighted by atomic mass is 10.1. The van der Waals surface area contributed by atoms with E-state index in [4.69, 9.17) is 9.47 Å². The number of cyclic esters (lactones) is 2. The fraction of sp³-hybridized carbons (Fsp3) is 0.769. The Kier molecular flexibility index (Phi) is 18.2. The number of ether oxygens (including phenoxy) is 2. The molecule has 4 nitrogen and oxygen atoms in total. The number of rotatable bonds is 0. The molecule has 30 heavy (non-hydrogen) atoms. The zero-order valence-electron chi connectivity index (χ0n) is 19.1. The number of carbonyl (C=O) groups is 2. The predicted octanol–water partition coefficient (Wildman–Crippen LogP) is 7.22. The van der Waals surface area contributed by atoms with Crippen molar-refractivity contribution in [2.75, 3.05) is 13.2 Å². The minimum absolute atomic E-state index is 0.192. The van der Waals surface area contributed by atoms with Gasteiger partial charge in [0.05, 0.1) is 13.2 Å². The number of hydrogen-bond acceptors (Lipinski definition) is 4. The predicted molar refractivity (Wildman–Crippen MR) is 123 cm³/mol. The molecule has 4 heteroatoms. The highest BCUT2D eigenvalue weighted by Crippen LogP contribution is 2.11. The average molecular weight is 421 g/mol. The van der Waals surface area contributed by atoms with Crippen LogP contribution in [0.15, 0.2) is 24.3 Å². The molecule has 1 aliphatic heterocycles. The summed E-state index contributed by atoms with van der Waals surface area (Å²) in [4.78, 5) is 23.3. The maximum Gasteiger partial charge on any atom is 0.330 e. The van der Waals surface area contributed by atoms with Crippen LogP contribution in [-0.4, -0.2) is 25.2 Å². The van der Waals surface area contributed by atoms with Crippen LogP contribution in [-0.2, 0) is 19.1 Å². The zero-order chi connectivity index (χ0) is 21.5. The normalized spacial score (nSPS) is 23.9. The molecule has 1 aliphatic rings. The molecule has 0 spiro atoms. The number of esters is 2. The molecule has 1 heterocycles. The van der Waals surface area contributed by atoms with Gasteiger partial charge in [-0.25, -0.2) is 9.59 Å². The molecule has 0 aromatic rings. The third kappa shape index (κ3) is 18.4. The SMILES string of the molecule is O=C1/C=C\CCCCCCCCCCOC(=O)/C=C/CCCCCCCCCCO1. The van der Waals surface area contributed by atoms with Crippen molar-refractivity contribution >= 4 is 11.9 Å². The third-order valence-corrected chi connectivity index (χ3v) is 5.53. The Hall–Kier alpha value is -1.58. The highest BCUT2D eigenvalue weighted by molar-refractivity contribution is 5.82. The average Bonchev–Trinajstić information content (AvgIpc) is 2.74. The molecular weight excluding hydrogens is 376 g/mol. The molecule has 1 rings (SSSR count). The summed E-state index contributed by atoms with van der Waals surface area (Å²) < 4.78 is 10.5. The number of hydrogen-bond donors (Lipinski definition) is 0. The maximum atomic E-state index is 11.7. The van der Waals surface area contributed by atoms with Crippen molar-refractivity contribution in [3.8, 4) is 0 Å². The van der Waals surface area contributed by atoms with E-state index in [2.05, 4.69) is 0 Å². The van der Waals surface area contributed by atoms with E-state index in [9.17, 15) is 9.59 Å². The van der Waals surface area contributed by atoms with Gasteiger partial charge in [0.2, 0.25) is 0 Å². The van der Waals surface area contributed by atoms with Crippen LogP contribution in [0.3, 0.4) is 0 Å². The molecule has 0 N–H and O–H groups in total. The Morgan fingerprint density at radius 1 is 0.433 bits per heavy atom. The van der Waals surface area contributed by atoms with Gasteiger partial charge in [0, 0.05) is 12.2 Å². The van der Waals surface area contributed by atoms with Crippen LogP contribution in [0.25, 0.3) is 0 Å². The minimum Gasteiger partial charge on any atom is -0.463 e. The quantitative estimate of drug-likeness (QED) is 0.388. The van der Waals surface area contributed by atoms with Crippen LogP contribution < -0.4 is 0 Å². The first-order valence-electron chi connectivity index (χ1n) is 12.5. The fourth-order valence-electron chi connectivity index (χ4n) is 3.65. The van der Waals surface area contributed by atoms with Crippen LogP contribution in [0.4, 0.5) is 0 Å². The van der Waals surface area contributed by atoms with Crippen molar-refractivity contribution in [1.82, 2.24) is 0 Å². The van der Waals surface area contributed by atoms with Gasteiger partial charge in [-0.05, 0) is 38.5 Å². The summed E-state index contributed by atoms with van der Waals surface area (Å²) in [5.41, 5.74) is 0. The van der Waals surface area contributed by atoms with Crippen molar-refractivity contribution in [1.29, 1.82) is 0 Å². The zero-order valence-corrected chi connectivity index (χ0v) is 19.1. The molecule has 0 aliphatic carbocycles. The Balaban J connectivity index is 2.21. The lowest BCUT2D eigenvalue weighted by Gasteiger charge is -2.04. The summed E-state index contributed by atoms with van der Waals surface area (Å²) in [7, 11) is 0. The second kappa shape index (κ2) is 20.7. The summed E-state index contributed by atoms with van der Waals surface area (Å²) in [6.07, 6.45) is 27.8. The number of allylic oxidation sites excluding steroid dienone is 2. The Morgan fingerprint density at radius 2 is 0.733 bits per heavy atom. The van der Waals surface area contributed by atoms with Gasteiger partial charge in [0.1, 0.15) is 0 Å². The molecule has 172 valence electrons. The van der Waals surface area contributed by atoms with Gasteiger partial charge < -0.3 is 9.47 Å². The standard InChI is InChI=1S/C26H44O4/c27-25-21-17-13-9-5-1-3-7-11-15-19-23-29-26(28)22-18-14-10-6-2-4-8-12-16-20-24-30-25/h17-18,21-22H,1-16,19-20,23-24H2/b21-17-,22-18+. The number of carbonyl (C=O) groups excluding carboxylic acids is 2. The highest BCUT2D eigenvalue weighted by atomic mass is 16.5. The lowest BCUT2D eigenvalue weighted by molar-refractivity contribution is -0.138. The molecule has 0 saturated heterocycles. The van der Waals surface area contributed by atoms with Gasteiger partial charge >= 0.3 is 11.9 Å². The molecular formula is C26H44O4. The first-order chi connectivity index (χ1) is 14.8. The van der Waals surface area contributed by atoms with Crippen molar-refractivity contribution < 1.29 is 19.1 Å². The van der Waals surface area contributed by atoms with Crippen molar-refractivity contribution in [3.63, 3.8) is 0 Å². The summed E-state index contributed by atoms with van der Waals surface area (Å²) >= 11 is 0. The molecule has 0 aromatic heterocycles. The largest absolute Gasteiger partial charge is 0.463 e. The fourth-order valence-corrected chi connectivity index (χ4v) is 3.65. The van der Waals surface area contributed by atoms with Crippen molar-refractivity contribution in [2.24, 2.45) is 0 Å². The highest BCUT2D eigenvalue weighted by Gasteiger charge is 1.99. The molecule has 0 unspecified atom stereocenters. The Bertz CT molecular complexity index is 437. The molecule has 0 amide bonds. The molecule has 0 fully saturated rings. The van der Waals surface area contributed by atoms with Crippen LogP contribution in [0, 0.1) is 0 Å². The summed E-state index contributed by atoms with van der Waals surface area (Å²) in [6.45, 7) is 1.08. The summed E-state index contributed by atoms with van der Waals surface area (Å²) in [6, 6.07) is 0. The van der Waals surface area contributed by atoms with E-state index in [0.717, 1.165) is 51.4 Å². The first-order valence-corrected chi connectivity index (χ1v) is 12.5. The van der Waals surface area contributed by atoms with Gasteiger partial charge in [0.15, 0.2) is 0 Å². The van der Waals surface area contributed by atoms with Crippen LogP contribution in [0.2, 0.25) is 0 Å². The van der Waals surface area contributed by atoms with Gasteiger partial charge in [-0.2, -0.15) is 0 Å². The van der Waals surface area contributed by atoms with E-state index < -0.39 is 0 Å². The van der Waals surface area contributed by atoms with Crippen LogP contribution in [0.5, 0.6) is 0 Å². The van der Waals surface area contributed by atoms with E-state index in [-0.39, 0.29) is 11.9 Å². The van der Waals surface area contributed by atoms with Crippen molar-refractivity contribution in [2.45, 2.75) is 116 Å². The first kappa shape index (κ1) is 26.5. The van der Waals surface area contributed by atoms with E-state index in [0.29, 0.717) is 13.2 Å². The monoisotopic (exact) mass is 420 g/mol. The summed E-state index contributed by atoms with van der Waals surface area (Å²) in [5.74, 6) is -0.384. The van der Waals surface area contributed by atoms with Gasteiger partial charge in [-0.15, -0.1) is 0 Å². The Morgan fingerprint density at radius 3 is 1.10 bits per heavy atom. The molecule has 0 aromatic carbocycles. The van der Waals surface area contributed by atoms with Gasteiger partial charge in [0.25, 0.3) is 0 Å². The maximum absolute atomic E-state index is 11.7. The second-order valence-electron chi connectivity index (χ2n) is 8.37. The van der Waals surface area contributed by atoms with Crippen molar-refractivity contribution in [3.05, 3.63) is 24.3 Å². The topological polar surface area (TPSA) is 52.6 Å². The third-order valence-electron chi connectivity index (χ3n) is 5.53. The molecule has 0 atom stereocenters. The van der Waals surface area contributed by atoms with Crippen LogP contribution in [0.1, 0.15) is 116 Å². The van der Waals surface area contributed by atoms with E-state index in [1.807, 2.05) is 12.2 Å². The van der Waals surface area contributed by atoms with Gasteiger partial charge in [-0.3, -0.25) is 0 Å². The summed E-state index contributed by atoms with van der Waals surface area (Å²) in [5, 5.41) is 0. The van der Waals surface area contributed by atoms with Crippen LogP contribution >= 0.6 is 0 Å². The smallest absolute Gasteiger partial charge is 0.330 e. The van der Waals surface area contributed by atoms with E-state index in [1.165, 1.54) is 64.2 Å².